The summed E-state index contributed by atoms with van der Waals surface area (Å²) in [6.07, 6.45) is 6.59. The molecule has 41 heavy (non-hydrogen) atoms. The monoisotopic (exact) mass is 582 g/mol. The molecular formula is C27H34N8O5S. The number of fused-ring (bicyclic) bond motifs is 1. The van der Waals surface area contributed by atoms with E-state index in [2.05, 4.69) is 20.2 Å². The minimum Gasteiger partial charge on any atom is -0.390 e. The van der Waals surface area contributed by atoms with Gasteiger partial charge in [0.1, 0.15) is 11.5 Å². The number of Topliss-reactive ketones (excluding diaryl/α,β-unsaturated/α-hetero) is 1. The smallest absolute Gasteiger partial charge is 0.282 e. The fraction of sp³-hybridized carbons (Fsp3) is 0.519. The first-order chi connectivity index (χ1) is 19.6. The summed E-state index contributed by atoms with van der Waals surface area (Å²) in [6, 6.07) is 3.71. The number of hydrogen-bond acceptors (Lipinski definition) is 10. The summed E-state index contributed by atoms with van der Waals surface area (Å²) in [4.78, 5) is 41.5. The minimum absolute atomic E-state index is 0.00295. The lowest BCUT2D eigenvalue weighted by molar-refractivity contribution is 0.0503. The molecule has 0 unspecified atom stereocenters. The van der Waals surface area contributed by atoms with Crippen molar-refractivity contribution in [2.24, 2.45) is 0 Å². The lowest BCUT2D eigenvalue weighted by Crippen LogP contribution is -2.60. The lowest BCUT2D eigenvalue weighted by atomic mass is 10.0. The molecule has 0 aromatic carbocycles. The summed E-state index contributed by atoms with van der Waals surface area (Å²) in [5, 5.41) is 13.3. The van der Waals surface area contributed by atoms with Crippen LogP contribution < -0.4 is 15.8 Å². The van der Waals surface area contributed by atoms with E-state index >= 15 is 0 Å². The van der Waals surface area contributed by atoms with Crippen molar-refractivity contribution in [3.05, 3.63) is 46.0 Å². The second kappa shape index (κ2) is 10.7. The number of rotatable bonds is 7. The van der Waals surface area contributed by atoms with Crippen LogP contribution in [0.2, 0.25) is 0 Å². The number of β-amino-alcohol motifs (C(OH)–C–C–N with tert-alkyl or cyclic N) is 1. The van der Waals surface area contributed by atoms with Gasteiger partial charge in [0.15, 0.2) is 5.78 Å². The van der Waals surface area contributed by atoms with E-state index in [0.29, 0.717) is 54.5 Å². The predicted molar refractivity (Wildman–Crippen MR) is 154 cm³/mol. The summed E-state index contributed by atoms with van der Waals surface area (Å²) in [6.45, 7) is 5.25. The lowest BCUT2D eigenvalue weighted by Gasteiger charge is -2.41. The fourth-order valence-electron chi connectivity index (χ4n) is 6.02. The molecule has 0 bridgehead atoms. The van der Waals surface area contributed by atoms with Gasteiger partial charge in [-0.1, -0.05) is 12.8 Å². The largest absolute Gasteiger partial charge is 0.390 e. The van der Waals surface area contributed by atoms with Crippen molar-refractivity contribution in [3.63, 3.8) is 0 Å². The SMILES string of the molecule is CC(=O)c1c(C)c2cnc(Nc3ccc(N4CCN(S(=O)(=O)N5CC(O)C5)CC4)cn3)nc2n(C2CCCC2)c1=O. The molecule has 13 nitrogen and oxygen atoms in total. The zero-order valence-corrected chi connectivity index (χ0v) is 24.0. The van der Waals surface area contributed by atoms with Crippen LogP contribution in [0.15, 0.2) is 29.3 Å². The van der Waals surface area contributed by atoms with Gasteiger partial charge in [-0.25, -0.2) is 9.97 Å². The van der Waals surface area contributed by atoms with Crippen LogP contribution in [0.4, 0.5) is 17.5 Å². The van der Waals surface area contributed by atoms with E-state index in [0.717, 1.165) is 31.4 Å². The van der Waals surface area contributed by atoms with Crippen molar-refractivity contribution in [2.45, 2.75) is 51.7 Å². The van der Waals surface area contributed by atoms with Crippen LogP contribution >= 0.6 is 0 Å². The third-order valence-electron chi connectivity index (χ3n) is 8.32. The molecule has 1 saturated carbocycles. The molecule has 3 aromatic rings. The number of pyridine rings is 2. The molecule has 218 valence electrons. The Bertz CT molecular complexity index is 1640. The number of nitrogens with zero attached hydrogens (tertiary/aromatic N) is 7. The Kier molecular flexibility index (Phi) is 7.26. The van der Waals surface area contributed by atoms with E-state index in [1.807, 2.05) is 12.1 Å². The second-order valence-electron chi connectivity index (χ2n) is 11.0. The maximum absolute atomic E-state index is 13.4. The fourth-order valence-corrected chi connectivity index (χ4v) is 7.69. The van der Waals surface area contributed by atoms with Crippen molar-refractivity contribution < 1.29 is 18.3 Å². The Labute approximate surface area is 238 Å². The summed E-state index contributed by atoms with van der Waals surface area (Å²) >= 11 is 0. The van der Waals surface area contributed by atoms with Gasteiger partial charge < -0.3 is 15.3 Å². The first kappa shape index (κ1) is 27.7. The number of aromatic nitrogens is 4. The van der Waals surface area contributed by atoms with E-state index in [9.17, 15) is 23.1 Å². The van der Waals surface area contributed by atoms with E-state index in [1.165, 1.54) is 15.5 Å². The van der Waals surface area contributed by atoms with E-state index < -0.39 is 16.3 Å². The first-order valence-electron chi connectivity index (χ1n) is 14.0. The number of aliphatic hydroxyl groups is 1. The van der Waals surface area contributed by atoms with Crippen LogP contribution in [0, 0.1) is 6.92 Å². The highest BCUT2D eigenvalue weighted by Gasteiger charge is 2.39. The van der Waals surface area contributed by atoms with Crippen molar-refractivity contribution in [1.82, 2.24) is 28.1 Å². The minimum atomic E-state index is -3.54. The topological polar surface area (TPSA) is 154 Å². The average Bonchev–Trinajstić information content (AvgIpc) is 3.46. The van der Waals surface area contributed by atoms with Crippen LogP contribution in [-0.2, 0) is 10.2 Å². The van der Waals surface area contributed by atoms with Crippen LogP contribution in [0.5, 0.6) is 0 Å². The van der Waals surface area contributed by atoms with E-state index in [1.54, 1.807) is 23.9 Å². The molecule has 5 heterocycles. The van der Waals surface area contributed by atoms with Gasteiger partial charge in [-0.2, -0.15) is 22.0 Å². The molecule has 2 saturated heterocycles. The number of carbonyl (C=O) groups excluding carboxylic acids is 1. The Morgan fingerprint density at radius 3 is 2.34 bits per heavy atom. The number of anilines is 3. The quantitative estimate of drug-likeness (QED) is 0.393. The Hall–Kier alpha value is -3.46. The van der Waals surface area contributed by atoms with Gasteiger partial charge in [0, 0.05) is 56.9 Å². The van der Waals surface area contributed by atoms with Gasteiger partial charge in [0.05, 0.1) is 23.6 Å². The van der Waals surface area contributed by atoms with Crippen molar-refractivity contribution in [2.75, 3.05) is 49.5 Å². The highest BCUT2D eigenvalue weighted by Crippen LogP contribution is 2.32. The zero-order chi connectivity index (χ0) is 28.9. The van der Waals surface area contributed by atoms with Crippen molar-refractivity contribution in [3.8, 4) is 0 Å². The summed E-state index contributed by atoms with van der Waals surface area (Å²) < 4.78 is 29.8. The molecule has 0 amide bonds. The van der Waals surface area contributed by atoms with Gasteiger partial charge in [0.25, 0.3) is 15.8 Å². The van der Waals surface area contributed by atoms with Crippen LogP contribution in [0.3, 0.4) is 0 Å². The van der Waals surface area contributed by atoms with Crippen LogP contribution in [0.1, 0.15) is 54.6 Å². The number of hydrogen-bond donors (Lipinski definition) is 2. The maximum atomic E-state index is 13.4. The number of piperazine rings is 1. The number of nitrogens with one attached hydrogen (secondary N) is 1. The van der Waals surface area contributed by atoms with Crippen LogP contribution in [-0.4, -0.2) is 92.8 Å². The number of aryl methyl sites for hydroxylation is 1. The maximum Gasteiger partial charge on any atom is 0.282 e. The Morgan fingerprint density at radius 2 is 1.73 bits per heavy atom. The van der Waals surface area contributed by atoms with E-state index in [4.69, 9.17) is 4.98 Å². The summed E-state index contributed by atoms with van der Waals surface area (Å²) in [5.74, 6) is 0.568. The van der Waals surface area contributed by atoms with Gasteiger partial charge >= 0.3 is 0 Å². The molecule has 1 aliphatic carbocycles. The third-order valence-corrected chi connectivity index (χ3v) is 10.3. The molecule has 3 aromatic heterocycles. The van der Waals surface area contributed by atoms with Gasteiger partial charge in [0.2, 0.25) is 5.95 Å². The standard InChI is InChI=1S/C27H34N8O5S/c1-17-22-14-29-27(31-25(22)35(19-5-3-4-6-19)26(38)24(17)18(2)36)30-23-8-7-20(13-28-23)32-9-11-33(12-10-32)41(39,40)34-15-21(37)16-34/h7-8,13-14,19,21,37H,3-6,9-12,15-16H2,1-2H3,(H,28,29,30,31). The number of carbonyl (C=O) groups is 1. The predicted octanol–water partition coefficient (Wildman–Crippen LogP) is 1.60. The third kappa shape index (κ3) is 5.09. The second-order valence-corrected chi connectivity index (χ2v) is 12.9. The normalized spacial score (nSPS) is 19.5. The van der Waals surface area contributed by atoms with Crippen LogP contribution in [0.25, 0.3) is 11.0 Å². The summed E-state index contributed by atoms with van der Waals surface area (Å²) in [5.41, 5.74) is 1.88. The highest BCUT2D eigenvalue weighted by atomic mass is 32.2. The molecule has 6 rings (SSSR count). The van der Waals surface area contributed by atoms with E-state index in [-0.39, 0.29) is 36.0 Å². The molecule has 3 fully saturated rings. The number of ketones is 1. The first-order valence-corrected chi connectivity index (χ1v) is 15.4. The average molecular weight is 583 g/mol. The molecule has 3 aliphatic rings. The van der Waals surface area contributed by atoms with Gasteiger partial charge in [-0.3, -0.25) is 14.2 Å². The highest BCUT2D eigenvalue weighted by molar-refractivity contribution is 7.86. The van der Waals surface area contributed by atoms with Gasteiger partial charge in [-0.15, -0.1) is 0 Å². The van der Waals surface area contributed by atoms with Crippen molar-refractivity contribution >= 4 is 44.5 Å². The molecule has 0 atom stereocenters. The molecular weight excluding hydrogens is 548 g/mol. The molecule has 0 radical (unpaired) electrons. The Morgan fingerprint density at radius 1 is 1.02 bits per heavy atom. The van der Waals surface area contributed by atoms with Crippen molar-refractivity contribution in [1.29, 1.82) is 0 Å². The molecule has 2 aliphatic heterocycles. The van der Waals surface area contributed by atoms with Gasteiger partial charge in [-0.05, 0) is 44.4 Å². The molecule has 14 heteroatoms. The molecule has 2 N–H and O–H groups in total. The Balaban J connectivity index is 1.19. The molecule has 0 spiro atoms. The zero-order valence-electron chi connectivity index (χ0n) is 23.2. The summed E-state index contributed by atoms with van der Waals surface area (Å²) in [7, 11) is -3.54. The number of aliphatic hydroxyl groups excluding tert-OH is 1.